The third kappa shape index (κ3) is 3.69. The van der Waals surface area contributed by atoms with Gasteiger partial charge in [0.2, 0.25) is 0 Å². The Morgan fingerprint density at radius 3 is 2.41 bits per heavy atom. The molecule has 0 saturated carbocycles. The molecule has 0 aliphatic carbocycles. The first-order chi connectivity index (χ1) is 7.96. The summed E-state index contributed by atoms with van der Waals surface area (Å²) in [4.78, 5) is 2.67. The van der Waals surface area contributed by atoms with Gasteiger partial charge >= 0.3 is 0 Å². The van der Waals surface area contributed by atoms with Crippen LogP contribution < -0.4 is 5.73 Å². The van der Waals surface area contributed by atoms with Gasteiger partial charge in [0.25, 0.3) is 0 Å². The largest absolute Gasteiger partial charge is 0.329 e. The average Bonchev–Trinajstić information content (AvgIpc) is 2.65. The van der Waals surface area contributed by atoms with Crippen LogP contribution in [-0.2, 0) is 0 Å². The van der Waals surface area contributed by atoms with Crippen molar-refractivity contribution in [1.29, 1.82) is 0 Å². The number of unbranched alkanes of at least 4 members (excludes halogenated alkanes) is 3. The van der Waals surface area contributed by atoms with Crippen molar-refractivity contribution in [3.8, 4) is 0 Å². The number of hydrogen-bond acceptors (Lipinski definition) is 2. The van der Waals surface area contributed by atoms with E-state index in [9.17, 15) is 0 Å². The van der Waals surface area contributed by atoms with Gasteiger partial charge in [-0.2, -0.15) is 0 Å². The summed E-state index contributed by atoms with van der Waals surface area (Å²) in [5, 5.41) is 0. The quantitative estimate of drug-likeness (QED) is 0.690. The average molecular weight is 240 g/mol. The molecule has 0 aromatic rings. The van der Waals surface area contributed by atoms with Crippen LogP contribution in [0.1, 0.15) is 72.6 Å². The van der Waals surface area contributed by atoms with E-state index in [4.69, 9.17) is 5.73 Å². The van der Waals surface area contributed by atoms with Crippen molar-refractivity contribution in [3.05, 3.63) is 0 Å². The van der Waals surface area contributed by atoms with E-state index in [1.807, 2.05) is 0 Å². The SMILES string of the molecule is CCCCCCC(C)(CN)N1CCCC1(C)C. The highest BCUT2D eigenvalue weighted by Gasteiger charge is 2.42. The van der Waals surface area contributed by atoms with E-state index in [2.05, 4.69) is 32.6 Å². The molecule has 0 bridgehead atoms. The Bertz CT molecular complexity index is 225. The van der Waals surface area contributed by atoms with Crippen molar-refractivity contribution in [2.24, 2.45) is 5.73 Å². The van der Waals surface area contributed by atoms with Crippen molar-refractivity contribution in [3.63, 3.8) is 0 Å². The molecule has 0 radical (unpaired) electrons. The number of rotatable bonds is 7. The third-order valence-corrected chi connectivity index (χ3v) is 4.56. The van der Waals surface area contributed by atoms with Crippen LogP contribution in [-0.4, -0.2) is 29.1 Å². The van der Waals surface area contributed by atoms with Gasteiger partial charge < -0.3 is 5.73 Å². The molecule has 1 atom stereocenters. The maximum atomic E-state index is 6.08. The number of nitrogens with two attached hydrogens (primary N) is 1. The summed E-state index contributed by atoms with van der Waals surface area (Å²) >= 11 is 0. The van der Waals surface area contributed by atoms with Crippen molar-refractivity contribution >= 4 is 0 Å². The van der Waals surface area contributed by atoms with Gasteiger partial charge in [-0.15, -0.1) is 0 Å². The minimum atomic E-state index is 0.216. The summed E-state index contributed by atoms with van der Waals surface area (Å²) in [6, 6.07) is 0. The molecule has 17 heavy (non-hydrogen) atoms. The van der Waals surface area contributed by atoms with Crippen molar-refractivity contribution in [2.75, 3.05) is 13.1 Å². The van der Waals surface area contributed by atoms with Gasteiger partial charge in [-0.1, -0.05) is 32.6 Å². The third-order valence-electron chi connectivity index (χ3n) is 4.56. The zero-order valence-corrected chi connectivity index (χ0v) is 12.4. The molecule has 0 amide bonds. The van der Waals surface area contributed by atoms with Gasteiger partial charge in [0.05, 0.1) is 0 Å². The Kier molecular flexibility index (Phi) is 5.46. The molecule has 1 saturated heterocycles. The lowest BCUT2D eigenvalue weighted by Gasteiger charge is -2.46. The molecule has 1 unspecified atom stereocenters. The maximum absolute atomic E-state index is 6.08. The number of likely N-dealkylation sites (tertiary alicyclic amines) is 1. The van der Waals surface area contributed by atoms with Crippen molar-refractivity contribution in [2.45, 2.75) is 83.7 Å². The van der Waals surface area contributed by atoms with Crippen LogP contribution in [0.5, 0.6) is 0 Å². The summed E-state index contributed by atoms with van der Waals surface area (Å²) in [5.41, 5.74) is 6.64. The van der Waals surface area contributed by atoms with E-state index in [1.165, 1.54) is 51.5 Å². The minimum absolute atomic E-state index is 0.216. The second-order valence-electron chi connectivity index (χ2n) is 6.58. The van der Waals surface area contributed by atoms with E-state index in [0.717, 1.165) is 6.54 Å². The fraction of sp³-hybridized carbons (Fsp3) is 1.00. The van der Waals surface area contributed by atoms with Gasteiger partial charge in [-0.25, -0.2) is 0 Å². The highest BCUT2D eigenvalue weighted by atomic mass is 15.3. The minimum Gasteiger partial charge on any atom is -0.329 e. The smallest absolute Gasteiger partial charge is 0.0308 e. The van der Waals surface area contributed by atoms with Gasteiger partial charge in [-0.05, 0) is 46.6 Å². The van der Waals surface area contributed by atoms with Crippen LogP contribution in [0.2, 0.25) is 0 Å². The summed E-state index contributed by atoms with van der Waals surface area (Å²) < 4.78 is 0. The maximum Gasteiger partial charge on any atom is 0.0308 e. The molecule has 1 heterocycles. The van der Waals surface area contributed by atoms with Crippen LogP contribution >= 0.6 is 0 Å². The lowest BCUT2D eigenvalue weighted by molar-refractivity contribution is 0.0395. The lowest BCUT2D eigenvalue weighted by Crippen LogP contribution is -2.57. The fourth-order valence-electron chi connectivity index (χ4n) is 3.39. The van der Waals surface area contributed by atoms with Crippen LogP contribution in [0, 0.1) is 0 Å². The van der Waals surface area contributed by atoms with E-state index in [0.29, 0.717) is 5.54 Å². The van der Waals surface area contributed by atoms with Crippen molar-refractivity contribution < 1.29 is 0 Å². The fourth-order valence-corrected chi connectivity index (χ4v) is 3.39. The molecule has 0 spiro atoms. The molecular weight excluding hydrogens is 208 g/mol. The summed E-state index contributed by atoms with van der Waals surface area (Å²) in [6.45, 7) is 11.4. The molecule has 1 aliphatic heterocycles. The Labute approximate surface area is 108 Å². The van der Waals surface area contributed by atoms with Gasteiger partial charge in [0.15, 0.2) is 0 Å². The monoisotopic (exact) mass is 240 g/mol. The molecule has 1 rings (SSSR count). The Morgan fingerprint density at radius 2 is 1.94 bits per heavy atom. The topological polar surface area (TPSA) is 29.3 Å². The van der Waals surface area contributed by atoms with E-state index in [-0.39, 0.29) is 5.54 Å². The molecule has 2 N–H and O–H groups in total. The highest BCUT2D eigenvalue weighted by Crippen LogP contribution is 2.37. The lowest BCUT2D eigenvalue weighted by atomic mass is 9.88. The van der Waals surface area contributed by atoms with E-state index in [1.54, 1.807) is 0 Å². The molecular formula is C15H32N2. The first-order valence-corrected chi connectivity index (χ1v) is 7.44. The molecule has 2 heteroatoms. The number of nitrogens with zero attached hydrogens (tertiary/aromatic N) is 1. The molecule has 0 aromatic heterocycles. The summed E-state index contributed by atoms with van der Waals surface area (Å²) in [5.74, 6) is 0. The van der Waals surface area contributed by atoms with Crippen LogP contribution in [0.4, 0.5) is 0 Å². The second kappa shape index (κ2) is 6.19. The number of hydrogen-bond donors (Lipinski definition) is 1. The standard InChI is InChI=1S/C15H32N2/c1-5-6-7-8-11-15(4,13-16)17-12-9-10-14(17,2)3/h5-13,16H2,1-4H3. The molecule has 102 valence electrons. The van der Waals surface area contributed by atoms with Crippen LogP contribution in [0.15, 0.2) is 0 Å². The Morgan fingerprint density at radius 1 is 1.24 bits per heavy atom. The van der Waals surface area contributed by atoms with Gasteiger partial charge in [0, 0.05) is 17.6 Å². The predicted octanol–water partition coefficient (Wildman–Crippen LogP) is 3.55. The summed E-state index contributed by atoms with van der Waals surface area (Å²) in [7, 11) is 0. The second-order valence-corrected chi connectivity index (χ2v) is 6.58. The normalized spacial score (nSPS) is 23.8. The Hall–Kier alpha value is -0.0800. The molecule has 2 nitrogen and oxygen atoms in total. The van der Waals surface area contributed by atoms with Gasteiger partial charge in [0.1, 0.15) is 0 Å². The van der Waals surface area contributed by atoms with E-state index >= 15 is 0 Å². The molecule has 1 aliphatic rings. The Balaban J connectivity index is 2.55. The molecule has 1 fully saturated rings. The first kappa shape index (κ1) is 15.0. The zero-order valence-electron chi connectivity index (χ0n) is 12.4. The highest BCUT2D eigenvalue weighted by molar-refractivity contribution is 4.99. The summed E-state index contributed by atoms with van der Waals surface area (Å²) in [6.07, 6.45) is 9.27. The van der Waals surface area contributed by atoms with E-state index < -0.39 is 0 Å². The van der Waals surface area contributed by atoms with Crippen molar-refractivity contribution in [1.82, 2.24) is 4.90 Å². The first-order valence-electron chi connectivity index (χ1n) is 7.44. The zero-order chi connectivity index (χ0) is 12.9. The van der Waals surface area contributed by atoms with Crippen LogP contribution in [0.25, 0.3) is 0 Å². The molecule has 0 aromatic carbocycles. The van der Waals surface area contributed by atoms with Gasteiger partial charge in [-0.3, -0.25) is 4.90 Å². The predicted molar refractivity (Wildman–Crippen MR) is 76.2 cm³/mol. The van der Waals surface area contributed by atoms with Crippen LogP contribution in [0.3, 0.4) is 0 Å².